The zero-order chi connectivity index (χ0) is 25.7. The summed E-state index contributed by atoms with van der Waals surface area (Å²) in [6.45, 7) is 10.2. The fraction of sp³-hybridized carbons (Fsp3) is 0.533. The van der Waals surface area contributed by atoms with Gasteiger partial charge < -0.3 is 9.80 Å². The summed E-state index contributed by atoms with van der Waals surface area (Å²) in [5, 5.41) is 4.08. The van der Waals surface area contributed by atoms with Gasteiger partial charge in [0.15, 0.2) is 0 Å². The van der Waals surface area contributed by atoms with Crippen molar-refractivity contribution in [3.05, 3.63) is 55.9 Å². The van der Waals surface area contributed by atoms with Gasteiger partial charge in [-0.15, -0.1) is 22.7 Å². The molecule has 0 saturated carbocycles. The van der Waals surface area contributed by atoms with E-state index in [0.29, 0.717) is 36.1 Å². The van der Waals surface area contributed by atoms with Gasteiger partial charge in [0.25, 0.3) is 11.8 Å². The first-order valence-electron chi connectivity index (χ1n) is 13.8. The van der Waals surface area contributed by atoms with E-state index in [9.17, 15) is 9.59 Å². The van der Waals surface area contributed by atoms with E-state index in [1.807, 2.05) is 32.7 Å². The van der Waals surface area contributed by atoms with E-state index < -0.39 is 0 Å². The minimum atomic E-state index is 0.00389. The van der Waals surface area contributed by atoms with E-state index in [-0.39, 0.29) is 11.8 Å². The first-order chi connectivity index (χ1) is 17.5. The van der Waals surface area contributed by atoms with Crippen molar-refractivity contribution in [2.75, 3.05) is 13.1 Å². The van der Waals surface area contributed by atoms with E-state index >= 15 is 0 Å². The van der Waals surface area contributed by atoms with Crippen molar-refractivity contribution in [1.82, 2.24) is 9.80 Å². The summed E-state index contributed by atoms with van der Waals surface area (Å²) >= 11 is 3.23. The normalized spacial score (nSPS) is 17.6. The van der Waals surface area contributed by atoms with Gasteiger partial charge in [-0.3, -0.25) is 9.59 Å². The number of fused-ring (bicyclic) bond motifs is 1. The number of nitrogens with zero attached hydrogens (tertiary/aromatic N) is 2. The zero-order valence-electron chi connectivity index (χ0n) is 22.2. The molecule has 0 spiro atoms. The van der Waals surface area contributed by atoms with Gasteiger partial charge in [-0.05, 0) is 47.6 Å². The highest BCUT2D eigenvalue weighted by Gasteiger charge is 2.49. The van der Waals surface area contributed by atoms with Crippen LogP contribution in [-0.2, 0) is 9.59 Å². The Morgan fingerprint density at radius 1 is 0.694 bits per heavy atom. The van der Waals surface area contributed by atoms with Crippen molar-refractivity contribution in [3.8, 4) is 0 Å². The Balaban J connectivity index is 1.81. The summed E-state index contributed by atoms with van der Waals surface area (Å²) in [7, 11) is 0. The van der Waals surface area contributed by atoms with Crippen molar-refractivity contribution < 1.29 is 9.59 Å². The first-order valence-corrected chi connectivity index (χ1v) is 15.5. The number of hydrogen-bond donors (Lipinski definition) is 0. The van der Waals surface area contributed by atoms with Crippen LogP contribution >= 0.6 is 22.7 Å². The Labute approximate surface area is 224 Å². The van der Waals surface area contributed by atoms with E-state index in [1.54, 1.807) is 22.7 Å². The molecular weight excluding hydrogens is 484 g/mol. The van der Waals surface area contributed by atoms with Gasteiger partial charge in [-0.25, -0.2) is 0 Å². The lowest BCUT2D eigenvalue weighted by Gasteiger charge is -2.29. The number of thiophene rings is 2. The van der Waals surface area contributed by atoms with Gasteiger partial charge >= 0.3 is 0 Å². The maximum atomic E-state index is 14.2. The van der Waals surface area contributed by atoms with Crippen molar-refractivity contribution in [3.63, 3.8) is 0 Å². The second-order valence-electron chi connectivity index (χ2n) is 10.1. The average Bonchev–Trinajstić information content (AvgIpc) is 3.68. The molecule has 0 N–H and O–H groups in total. The van der Waals surface area contributed by atoms with Crippen molar-refractivity contribution in [2.45, 2.75) is 79.1 Å². The molecule has 2 atom stereocenters. The molecule has 194 valence electrons. The van der Waals surface area contributed by atoms with Crippen LogP contribution < -0.4 is 0 Å². The molecule has 0 bridgehead atoms. The molecule has 2 aliphatic rings. The first kappa shape index (κ1) is 26.9. The topological polar surface area (TPSA) is 40.6 Å². The number of amides is 2. The van der Waals surface area contributed by atoms with Gasteiger partial charge in [0.05, 0.1) is 32.3 Å². The summed E-state index contributed by atoms with van der Waals surface area (Å²) in [4.78, 5) is 34.3. The third kappa shape index (κ3) is 5.26. The minimum Gasteiger partial charge on any atom is -0.306 e. The fourth-order valence-corrected chi connectivity index (χ4v) is 7.00. The van der Waals surface area contributed by atoms with Gasteiger partial charge in [-0.1, -0.05) is 78.4 Å². The van der Waals surface area contributed by atoms with E-state index in [4.69, 9.17) is 0 Å². The summed E-state index contributed by atoms with van der Waals surface area (Å²) in [5.41, 5.74) is 2.93. The smallest absolute Gasteiger partial charge is 0.261 e. The number of hydrogen-bond acceptors (Lipinski definition) is 4. The number of carbonyl (C=O) groups excluding carboxylic acids is 2. The third-order valence-corrected chi connectivity index (χ3v) is 9.41. The van der Waals surface area contributed by atoms with Crippen molar-refractivity contribution in [1.29, 1.82) is 0 Å². The molecule has 0 saturated heterocycles. The molecule has 2 aromatic heterocycles. The van der Waals surface area contributed by atoms with Crippen LogP contribution in [0.3, 0.4) is 0 Å². The molecule has 0 aliphatic carbocycles. The molecule has 4 nitrogen and oxygen atoms in total. The van der Waals surface area contributed by atoms with Crippen LogP contribution in [0.4, 0.5) is 0 Å². The Morgan fingerprint density at radius 2 is 1.11 bits per heavy atom. The molecule has 2 aliphatic heterocycles. The lowest BCUT2D eigenvalue weighted by Crippen LogP contribution is -2.34. The van der Waals surface area contributed by atoms with Gasteiger partial charge in [0.2, 0.25) is 0 Å². The largest absolute Gasteiger partial charge is 0.306 e. The Morgan fingerprint density at radius 3 is 1.42 bits per heavy atom. The maximum absolute atomic E-state index is 14.2. The predicted molar refractivity (Wildman–Crippen MR) is 153 cm³/mol. The Hall–Kier alpha value is -2.18. The Kier molecular flexibility index (Phi) is 9.24. The lowest BCUT2D eigenvalue weighted by atomic mass is 9.98. The van der Waals surface area contributed by atoms with E-state index in [1.165, 1.54) is 0 Å². The predicted octanol–water partition coefficient (Wildman–Crippen LogP) is 8.05. The van der Waals surface area contributed by atoms with Crippen LogP contribution in [0.15, 0.2) is 46.2 Å². The van der Waals surface area contributed by atoms with Crippen LogP contribution in [0.5, 0.6) is 0 Å². The molecule has 36 heavy (non-hydrogen) atoms. The molecule has 2 unspecified atom stereocenters. The standard InChI is InChI=1S/C30H40N2O2S2/c1-5-9-13-21(7-3)19-31-27(23-15-11-17-35-23)25-26(29(31)33)28(24-16-12-18-36-24)32(30(25)34)20-22(8-4)14-10-6-2/h11-12,15-18,21-22H,5-10,13-14,19-20H2,1-4H3. The quantitative estimate of drug-likeness (QED) is 0.251. The number of rotatable bonds is 14. The van der Waals surface area contributed by atoms with Gasteiger partial charge in [-0.2, -0.15) is 0 Å². The molecule has 4 heterocycles. The SMILES string of the molecule is CCCCC(CC)CN1C(=O)C2=C(c3cccs3)N(CC(CC)CCCC)C(=O)C2=C1c1cccs1. The van der Waals surface area contributed by atoms with Crippen LogP contribution in [0.1, 0.15) is 88.8 Å². The highest BCUT2D eigenvalue weighted by atomic mass is 32.1. The summed E-state index contributed by atoms with van der Waals surface area (Å²) in [6, 6.07) is 8.14. The summed E-state index contributed by atoms with van der Waals surface area (Å²) in [5.74, 6) is 0.867. The average molecular weight is 525 g/mol. The summed E-state index contributed by atoms with van der Waals surface area (Å²) < 4.78 is 0. The third-order valence-electron chi connectivity index (χ3n) is 7.66. The van der Waals surface area contributed by atoms with Crippen LogP contribution in [0, 0.1) is 11.8 Å². The van der Waals surface area contributed by atoms with Crippen molar-refractivity contribution in [2.24, 2.45) is 11.8 Å². The molecule has 0 aromatic carbocycles. The van der Waals surface area contributed by atoms with Crippen LogP contribution in [-0.4, -0.2) is 34.7 Å². The van der Waals surface area contributed by atoms with Gasteiger partial charge in [0, 0.05) is 13.1 Å². The van der Waals surface area contributed by atoms with E-state index in [2.05, 4.69) is 39.8 Å². The maximum Gasteiger partial charge on any atom is 0.261 e. The zero-order valence-corrected chi connectivity index (χ0v) is 23.9. The second kappa shape index (κ2) is 12.4. The Bertz CT molecular complexity index is 1010. The molecule has 6 heteroatoms. The highest BCUT2D eigenvalue weighted by molar-refractivity contribution is 7.11. The van der Waals surface area contributed by atoms with Gasteiger partial charge in [0.1, 0.15) is 0 Å². The second-order valence-corrected chi connectivity index (χ2v) is 12.0. The van der Waals surface area contributed by atoms with Crippen LogP contribution in [0.2, 0.25) is 0 Å². The molecular formula is C30H40N2O2S2. The fourth-order valence-electron chi connectivity index (χ4n) is 5.43. The molecule has 2 aromatic rings. The van der Waals surface area contributed by atoms with Crippen molar-refractivity contribution >= 4 is 45.9 Å². The number of unbranched alkanes of at least 4 members (excludes halogenated alkanes) is 2. The monoisotopic (exact) mass is 524 g/mol. The minimum absolute atomic E-state index is 0.00389. The molecule has 2 amide bonds. The lowest BCUT2D eigenvalue weighted by molar-refractivity contribution is -0.124. The molecule has 0 fully saturated rings. The molecule has 4 rings (SSSR count). The van der Waals surface area contributed by atoms with Crippen LogP contribution in [0.25, 0.3) is 11.4 Å². The molecule has 0 radical (unpaired) electrons. The highest BCUT2D eigenvalue weighted by Crippen LogP contribution is 2.48. The van der Waals surface area contributed by atoms with E-state index in [0.717, 1.165) is 72.5 Å². The summed E-state index contributed by atoms with van der Waals surface area (Å²) in [6.07, 6.45) is 8.91. The number of carbonyl (C=O) groups is 2.